The lowest BCUT2D eigenvalue weighted by atomic mass is 10.0. The number of anilines is 1. The molecule has 0 saturated carbocycles. The van der Waals surface area contributed by atoms with Crippen molar-refractivity contribution in [3.05, 3.63) is 30.3 Å². The maximum absolute atomic E-state index is 12.4. The number of para-hydroxylation sites is 1. The van der Waals surface area contributed by atoms with E-state index < -0.39 is 0 Å². The highest BCUT2D eigenvalue weighted by molar-refractivity contribution is 5.80. The first-order valence-electron chi connectivity index (χ1n) is 7.81. The molecule has 2 rings (SSSR count). The van der Waals surface area contributed by atoms with E-state index in [0.717, 1.165) is 25.9 Å². The molecule has 1 aliphatic heterocycles. The first kappa shape index (κ1) is 15.8. The van der Waals surface area contributed by atoms with Gasteiger partial charge in [0.15, 0.2) is 0 Å². The van der Waals surface area contributed by atoms with Gasteiger partial charge in [0.25, 0.3) is 5.91 Å². The highest BCUT2D eigenvalue weighted by Gasteiger charge is 2.28. The van der Waals surface area contributed by atoms with Gasteiger partial charge in [0.2, 0.25) is 0 Å². The largest absolute Gasteiger partial charge is 0.369 e. The molecule has 1 amide bonds. The lowest BCUT2D eigenvalue weighted by Crippen LogP contribution is -2.51. The molecule has 0 spiro atoms. The van der Waals surface area contributed by atoms with Crippen LogP contribution in [0.1, 0.15) is 26.7 Å². The zero-order chi connectivity index (χ0) is 15.2. The molecule has 4 heteroatoms. The Morgan fingerprint density at radius 2 is 2.14 bits per heavy atom. The summed E-state index contributed by atoms with van der Waals surface area (Å²) in [5.74, 6) is 0.0803. The van der Waals surface area contributed by atoms with Crippen LogP contribution in [0, 0.1) is 0 Å². The average Bonchev–Trinajstić information content (AvgIpc) is 2.54. The molecule has 2 atom stereocenters. The van der Waals surface area contributed by atoms with Crippen LogP contribution in [0.15, 0.2) is 30.3 Å². The molecule has 0 radical (unpaired) electrons. The summed E-state index contributed by atoms with van der Waals surface area (Å²) in [5, 5.41) is 0. The van der Waals surface area contributed by atoms with Gasteiger partial charge in [0.05, 0.1) is 0 Å². The van der Waals surface area contributed by atoms with E-state index in [2.05, 4.69) is 29.2 Å². The predicted molar refractivity (Wildman–Crippen MR) is 85.5 cm³/mol. The average molecular weight is 290 g/mol. The van der Waals surface area contributed by atoms with Gasteiger partial charge < -0.3 is 14.5 Å². The maximum Gasteiger partial charge on any atom is 0.251 e. The van der Waals surface area contributed by atoms with E-state index in [9.17, 15) is 4.79 Å². The second-order valence-electron chi connectivity index (χ2n) is 5.62. The Hall–Kier alpha value is -1.55. The Balaban J connectivity index is 1.99. The molecule has 0 aromatic heterocycles. The number of carbonyl (C=O) groups is 1. The molecule has 0 N–H and O–H groups in total. The van der Waals surface area contributed by atoms with E-state index in [4.69, 9.17) is 4.74 Å². The van der Waals surface area contributed by atoms with Gasteiger partial charge >= 0.3 is 0 Å². The number of hydrogen-bond donors (Lipinski definition) is 0. The molecule has 116 valence electrons. The van der Waals surface area contributed by atoms with Crippen LogP contribution in [-0.4, -0.2) is 49.7 Å². The van der Waals surface area contributed by atoms with E-state index in [0.29, 0.717) is 6.61 Å². The fourth-order valence-electron chi connectivity index (χ4n) is 2.93. The minimum atomic E-state index is -0.355. The van der Waals surface area contributed by atoms with Gasteiger partial charge in [-0.1, -0.05) is 18.2 Å². The number of rotatable bonds is 5. The van der Waals surface area contributed by atoms with Crippen molar-refractivity contribution in [2.45, 2.75) is 38.8 Å². The first-order valence-corrected chi connectivity index (χ1v) is 7.81. The van der Waals surface area contributed by atoms with E-state index in [-0.39, 0.29) is 18.1 Å². The third kappa shape index (κ3) is 3.97. The Morgan fingerprint density at radius 3 is 2.81 bits per heavy atom. The van der Waals surface area contributed by atoms with Crippen LogP contribution in [0.2, 0.25) is 0 Å². The van der Waals surface area contributed by atoms with Crippen molar-refractivity contribution in [1.29, 1.82) is 0 Å². The molecule has 1 aromatic rings. The molecule has 1 heterocycles. The van der Waals surface area contributed by atoms with E-state index in [1.54, 1.807) is 0 Å². The summed E-state index contributed by atoms with van der Waals surface area (Å²) in [5.41, 5.74) is 1.24. The molecular weight excluding hydrogens is 264 g/mol. The van der Waals surface area contributed by atoms with Gasteiger partial charge in [0, 0.05) is 38.5 Å². The number of benzene rings is 1. The normalized spacial score (nSPS) is 20.1. The smallest absolute Gasteiger partial charge is 0.251 e. The second kappa shape index (κ2) is 7.46. The molecule has 0 unspecified atom stereocenters. The Bertz CT molecular complexity index is 449. The van der Waals surface area contributed by atoms with E-state index in [1.807, 2.05) is 31.9 Å². The number of ether oxygens (including phenoxy) is 1. The number of likely N-dealkylation sites (N-methyl/N-ethyl adjacent to an activating group) is 1. The minimum Gasteiger partial charge on any atom is -0.369 e. The van der Waals surface area contributed by atoms with Gasteiger partial charge in [-0.2, -0.15) is 0 Å². The summed E-state index contributed by atoms with van der Waals surface area (Å²) in [6, 6.07) is 10.7. The van der Waals surface area contributed by atoms with Crippen LogP contribution >= 0.6 is 0 Å². The van der Waals surface area contributed by atoms with Crippen molar-refractivity contribution in [3.63, 3.8) is 0 Å². The lowest BCUT2D eigenvalue weighted by molar-refractivity contribution is -0.143. The van der Waals surface area contributed by atoms with Gasteiger partial charge in [-0.25, -0.2) is 0 Å². The SMILES string of the molecule is CCO[C@@H](C)C(=O)N(C)[C@H]1CCCN(c2ccccc2)C1. The third-order valence-electron chi connectivity index (χ3n) is 4.18. The topological polar surface area (TPSA) is 32.8 Å². The lowest BCUT2D eigenvalue weighted by Gasteiger charge is -2.39. The van der Waals surface area contributed by atoms with Crippen molar-refractivity contribution in [1.82, 2.24) is 4.90 Å². The summed E-state index contributed by atoms with van der Waals surface area (Å²) in [4.78, 5) is 16.6. The summed E-state index contributed by atoms with van der Waals surface area (Å²) in [6.45, 7) is 6.28. The number of nitrogens with zero attached hydrogens (tertiary/aromatic N) is 2. The highest BCUT2D eigenvalue weighted by atomic mass is 16.5. The monoisotopic (exact) mass is 290 g/mol. The minimum absolute atomic E-state index is 0.0803. The predicted octanol–water partition coefficient (Wildman–Crippen LogP) is 2.54. The Labute approximate surface area is 127 Å². The van der Waals surface area contributed by atoms with Crippen molar-refractivity contribution in [3.8, 4) is 0 Å². The Morgan fingerprint density at radius 1 is 1.43 bits per heavy atom. The fourth-order valence-corrected chi connectivity index (χ4v) is 2.93. The van der Waals surface area contributed by atoms with Gasteiger partial charge in [-0.3, -0.25) is 4.79 Å². The third-order valence-corrected chi connectivity index (χ3v) is 4.18. The number of piperidine rings is 1. The van der Waals surface area contributed by atoms with Crippen LogP contribution in [-0.2, 0) is 9.53 Å². The van der Waals surface area contributed by atoms with Crippen molar-refractivity contribution < 1.29 is 9.53 Å². The zero-order valence-corrected chi connectivity index (χ0v) is 13.3. The molecule has 0 aliphatic carbocycles. The molecule has 1 aromatic carbocycles. The van der Waals surface area contributed by atoms with Crippen molar-refractivity contribution >= 4 is 11.6 Å². The van der Waals surface area contributed by atoms with Crippen LogP contribution in [0.4, 0.5) is 5.69 Å². The molecular formula is C17H26N2O2. The number of amides is 1. The van der Waals surface area contributed by atoms with E-state index >= 15 is 0 Å². The van der Waals surface area contributed by atoms with E-state index in [1.165, 1.54) is 5.69 Å². The van der Waals surface area contributed by atoms with Gasteiger partial charge in [-0.05, 0) is 38.8 Å². The maximum atomic E-state index is 12.4. The molecule has 1 aliphatic rings. The molecule has 21 heavy (non-hydrogen) atoms. The molecule has 4 nitrogen and oxygen atoms in total. The number of carbonyl (C=O) groups excluding carboxylic acids is 1. The summed E-state index contributed by atoms with van der Waals surface area (Å²) >= 11 is 0. The first-order chi connectivity index (χ1) is 10.1. The second-order valence-corrected chi connectivity index (χ2v) is 5.62. The van der Waals surface area contributed by atoms with Crippen LogP contribution in [0.3, 0.4) is 0 Å². The van der Waals surface area contributed by atoms with Crippen molar-refractivity contribution in [2.24, 2.45) is 0 Å². The summed E-state index contributed by atoms with van der Waals surface area (Å²) in [6.07, 6.45) is 1.82. The zero-order valence-electron chi connectivity index (χ0n) is 13.3. The highest BCUT2D eigenvalue weighted by Crippen LogP contribution is 2.22. The quantitative estimate of drug-likeness (QED) is 0.835. The summed E-state index contributed by atoms with van der Waals surface area (Å²) < 4.78 is 5.42. The van der Waals surface area contributed by atoms with Gasteiger partial charge in [0.1, 0.15) is 6.10 Å². The Kier molecular flexibility index (Phi) is 5.62. The van der Waals surface area contributed by atoms with Crippen LogP contribution in [0.5, 0.6) is 0 Å². The van der Waals surface area contributed by atoms with Crippen LogP contribution < -0.4 is 4.90 Å². The van der Waals surface area contributed by atoms with Gasteiger partial charge in [-0.15, -0.1) is 0 Å². The van der Waals surface area contributed by atoms with Crippen molar-refractivity contribution in [2.75, 3.05) is 31.6 Å². The fraction of sp³-hybridized carbons (Fsp3) is 0.588. The standard InChI is InChI=1S/C17H26N2O2/c1-4-21-14(2)17(20)18(3)16-11-8-12-19(13-16)15-9-6-5-7-10-15/h5-7,9-10,14,16H,4,8,11-13H2,1-3H3/t14-,16-/m0/s1. The molecule has 1 fully saturated rings. The molecule has 0 bridgehead atoms. The number of hydrogen-bond acceptors (Lipinski definition) is 3. The molecule has 1 saturated heterocycles. The van der Waals surface area contributed by atoms with Crippen LogP contribution in [0.25, 0.3) is 0 Å². The summed E-state index contributed by atoms with van der Waals surface area (Å²) in [7, 11) is 1.90.